The molecule has 0 aliphatic rings. The molecular formula is C96H128F4N18O23. The Morgan fingerprint density at radius 3 is 1.31 bits per heavy atom. The fraction of sp³-hybridized carbons (Fsp3) is 0.479. The zero-order valence-electron chi connectivity index (χ0n) is 80.2. The zero-order valence-corrected chi connectivity index (χ0v) is 80.2. The van der Waals surface area contributed by atoms with Crippen LogP contribution in [-0.4, -0.2) is 263 Å². The number of aliphatic hydroxyl groups excluding tert-OH is 2. The molecule has 0 unspecified atom stereocenters. The second kappa shape index (κ2) is 54.7. The van der Waals surface area contributed by atoms with Crippen molar-refractivity contribution in [2.24, 2.45) is 28.0 Å². The van der Waals surface area contributed by atoms with Crippen molar-refractivity contribution in [3.63, 3.8) is 0 Å². The van der Waals surface area contributed by atoms with Crippen molar-refractivity contribution in [1.82, 2.24) is 77.0 Å². The summed E-state index contributed by atoms with van der Waals surface area (Å²) in [6, 6.07) is 9.97. The fourth-order valence-electron chi connectivity index (χ4n) is 15.7. The van der Waals surface area contributed by atoms with Crippen LogP contribution in [0.2, 0.25) is 0 Å². The van der Waals surface area contributed by atoms with Gasteiger partial charge in [-0.25, -0.2) is 22.4 Å². The second-order valence-corrected chi connectivity index (χ2v) is 36.3. The average molecular weight is 1980 g/mol. The van der Waals surface area contributed by atoms with Gasteiger partial charge in [-0.15, -0.1) is 0 Å². The van der Waals surface area contributed by atoms with Gasteiger partial charge < -0.3 is 120 Å². The predicted molar refractivity (Wildman–Crippen MR) is 503 cm³/mol. The molecule has 768 valence electrons. The monoisotopic (exact) mass is 1980 g/mol. The smallest absolute Gasteiger partial charge is 0.326 e. The van der Waals surface area contributed by atoms with Crippen LogP contribution in [0, 0.1) is 34.1 Å². The van der Waals surface area contributed by atoms with Crippen molar-refractivity contribution in [2.75, 3.05) is 53.0 Å². The molecule has 11 atom stereocenters. The first-order valence-electron chi connectivity index (χ1n) is 45.7. The Balaban J connectivity index is 1.09. The molecule has 6 aromatic rings. The number of carboxylic acid groups (broad SMARTS) is 3. The normalized spacial score (nSPS) is 13.7. The number of halogens is 4. The molecule has 2 aromatic heterocycles. The summed E-state index contributed by atoms with van der Waals surface area (Å²) in [5.41, 5.74) is 17.6. The summed E-state index contributed by atoms with van der Waals surface area (Å²) in [5.74, 6) is -22.8. The first-order chi connectivity index (χ1) is 66.3. The number of carboxylic acids is 3. The number of nitrogens with two attached hydrogens (primary N) is 3. The number of benzene rings is 4. The van der Waals surface area contributed by atoms with Crippen molar-refractivity contribution in [1.29, 1.82) is 0 Å². The quantitative estimate of drug-likeness (QED) is 0.0193. The van der Waals surface area contributed by atoms with Gasteiger partial charge >= 0.3 is 17.9 Å². The first kappa shape index (κ1) is 115. The zero-order chi connectivity index (χ0) is 105. The van der Waals surface area contributed by atoms with E-state index in [1.54, 1.807) is 78.7 Å². The number of rotatable bonds is 57. The largest absolute Gasteiger partial charge is 0.481 e. The highest BCUT2D eigenvalue weighted by Gasteiger charge is 2.42. The summed E-state index contributed by atoms with van der Waals surface area (Å²) < 4.78 is 63.9. The van der Waals surface area contributed by atoms with Crippen LogP contribution in [0.5, 0.6) is 0 Å². The van der Waals surface area contributed by atoms with E-state index in [2.05, 4.69) is 53.2 Å². The Morgan fingerprint density at radius 1 is 0.418 bits per heavy atom. The summed E-state index contributed by atoms with van der Waals surface area (Å²) >= 11 is 0. The van der Waals surface area contributed by atoms with Crippen LogP contribution >= 0.6 is 0 Å². The number of aliphatic carboxylic acids is 3. The second-order valence-electron chi connectivity index (χ2n) is 36.3. The minimum atomic E-state index is -1.96. The Bertz CT molecular complexity index is 5420. The molecule has 4 aromatic carbocycles. The van der Waals surface area contributed by atoms with Crippen LogP contribution in [0.1, 0.15) is 187 Å². The summed E-state index contributed by atoms with van der Waals surface area (Å²) in [5, 5.41) is 73.5. The Hall–Kier alpha value is -14.5. The first-order valence-corrected chi connectivity index (χ1v) is 45.7. The molecule has 0 radical (unpaired) electrons. The number of carbonyl (C=O) groups excluding carboxylic acids is 15. The molecule has 15 amide bonds. The van der Waals surface area contributed by atoms with Crippen LogP contribution in [-0.2, 0) is 99.4 Å². The van der Waals surface area contributed by atoms with E-state index in [0.29, 0.717) is 17.8 Å². The lowest BCUT2D eigenvalue weighted by atomic mass is 9.82. The molecule has 6 rings (SSSR count). The Kier molecular flexibility index (Phi) is 44.7. The van der Waals surface area contributed by atoms with Crippen molar-refractivity contribution < 1.29 is 129 Å². The van der Waals surface area contributed by atoms with E-state index in [4.69, 9.17) is 22.3 Å². The number of nitrogens with one attached hydrogen (secondary N) is 10. The highest BCUT2D eigenvalue weighted by atomic mass is 19.1. The van der Waals surface area contributed by atoms with Crippen LogP contribution in [0.25, 0.3) is 22.3 Å². The van der Waals surface area contributed by atoms with Crippen molar-refractivity contribution in [3.8, 4) is 22.3 Å². The molecule has 41 nitrogen and oxygen atoms in total. The number of hydrogen-bond donors (Lipinski definition) is 18. The third-order valence-corrected chi connectivity index (χ3v) is 22.9. The molecule has 0 spiro atoms. The van der Waals surface area contributed by atoms with Gasteiger partial charge in [0.15, 0.2) is 0 Å². The minimum Gasteiger partial charge on any atom is -0.481 e. The van der Waals surface area contributed by atoms with E-state index in [0.717, 1.165) is 59.5 Å². The number of amides is 15. The van der Waals surface area contributed by atoms with Crippen LogP contribution in [0.4, 0.5) is 17.6 Å². The Morgan fingerprint density at radius 2 is 0.844 bits per heavy atom. The standard InChI is InChI=1S/C96H128F4N18O23/c1-54(86(132)111-72(47-83(130)131)92(138)113-70(45-75(102)121)89(135)104-37-20-39-117(80(126)52-119)84(95(4,5)6)73-41-59(63-43-61(97)28-30-65(63)99)50-115(73)48-57-21-13-11-14-22-57)106-77(123)26-19-27-78(124)108-67(25-17-18-36-101)90(136)107-55(2)93(139)114(10)56(3)87(133)112-71(46-76(103)122)91(137)110-68(88(134)105-38-34-79(125)109-69(94(140)141)32-33-82(128)129)35-40-118(81(127)53-120)85(96(7,8)9)74-42-60(64-44-62(98)29-31-66(64)100)51-116(74)49-58-23-15-12-16-24-58/h11-16,21-24,28-31,41-44,50-51,54-56,67-72,84-85,119-120H,17-20,25-27,32-40,45-49,52-53,101H2,1-10H3,(H2,102,121)(H2,103,122)(H,104,135)(H,105,134)(H,106,123)(H,107,136)(H,108,124)(H,109,125)(H,110,137)(H,111,132)(H,112,133)(H,113,138)(H,128,129)(H,130,131)(H,140,141)/t54-,55-,56-,67-,68-,69+,70-,71-,72-,84-,85-/m0/s1. The summed E-state index contributed by atoms with van der Waals surface area (Å²) in [6.07, 6.45) is -2.64. The molecule has 2 heterocycles. The molecule has 0 aliphatic heterocycles. The lowest BCUT2D eigenvalue weighted by Gasteiger charge is -2.41. The highest BCUT2D eigenvalue weighted by Crippen LogP contribution is 2.44. The number of likely N-dealkylation sites (N-methyl/N-ethyl adjacent to an activating group) is 1. The molecule has 0 saturated heterocycles. The molecule has 0 aliphatic carbocycles. The van der Waals surface area contributed by atoms with Gasteiger partial charge in [-0.2, -0.15) is 0 Å². The highest BCUT2D eigenvalue weighted by molar-refractivity contribution is 6.00. The fourth-order valence-corrected chi connectivity index (χ4v) is 15.7. The van der Waals surface area contributed by atoms with Crippen LogP contribution in [0.3, 0.4) is 0 Å². The van der Waals surface area contributed by atoms with E-state index in [-0.39, 0.29) is 80.7 Å². The Labute approximate surface area is 811 Å². The van der Waals surface area contributed by atoms with Gasteiger partial charge in [-0.05, 0) is 143 Å². The number of primary amides is 2. The molecular weight excluding hydrogens is 1850 g/mol. The van der Waals surface area contributed by atoms with Gasteiger partial charge in [0, 0.05) is 118 Å². The lowest BCUT2D eigenvalue weighted by molar-refractivity contribution is -0.143. The third kappa shape index (κ3) is 36.3. The van der Waals surface area contributed by atoms with E-state index in [1.165, 1.54) is 36.6 Å². The van der Waals surface area contributed by atoms with Gasteiger partial charge in [0.1, 0.15) is 90.9 Å². The lowest BCUT2D eigenvalue weighted by Crippen LogP contribution is -2.59. The topological polar surface area (TPSA) is 626 Å². The summed E-state index contributed by atoms with van der Waals surface area (Å²) in [4.78, 5) is 245. The predicted octanol–water partition coefficient (Wildman–Crippen LogP) is 2.43. The van der Waals surface area contributed by atoms with Crippen molar-refractivity contribution in [3.05, 3.63) is 167 Å². The van der Waals surface area contributed by atoms with Crippen molar-refractivity contribution in [2.45, 2.75) is 232 Å². The maximum atomic E-state index is 15.6. The van der Waals surface area contributed by atoms with Gasteiger partial charge in [0.2, 0.25) is 88.6 Å². The number of aromatic nitrogens is 2. The average Bonchev–Trinajstić information content (AvgIpc) is 1.62. The molecule has 0 fully saturated rings. The van der Waals surface area contributed by atoms with Crippen LogP contribution in [0.15, 0.2) is 122 Å². The maximum absolute atomic E-state index is 15.6. The van der Waals surface area contributed by atoms with E-state index >= 15 is 8.78 Å². The number of carbonyl (C=O) groups is 18. The molecule has 141 heavy (non-hydrogen) atoms. The van der Waals surface area contributed by atoms with Crippen LogP contribution < -0.4 is 70.4 Å². The molecule has 21 N–H and O–H groups in total. The SMILES string of the molecule is C[C@H](NC(=O)CCCC(=O)N[C@@H](CCCCN)C(=O)N[C@@H](C)C(=O)N(C)[C@@H](C)C(=O)N[C@@H](CC(N)=O)C(=O)N[C@@H](CCN(C(=O)CO)[C@@H](c1cc(-c2cc(F)ccc2F)cn1Cc1ccccc1)C(C)(C)C)C(=O)NCCC(=O)N[C@H](CCC(=O)O)C(=O)O)C(=O)N[C@@H](CC(=O)O)C(=O)N[C@@H](CC(N)=O)C(=O)NCCCN(C(=O)CO)[C@@H](c1cc(-c2cc(F)ccc2F)cn1Cc1ccccc1)C(C)(C)C. The number of aliphatic hydroxyl groups is 2. The van der Waals surface area contributed by atoms with E-state index in [9.17, 15) is 116 Å². The molecule has 0 bridgehead atoms. The van der Waals surface area contributed by atoms with Gasteiger partial charge in [0.05, 0.1) is 31.3 Å². The third-order valence-electron chi connectivity index (χ3n) is 22.9. The maximum Gasteiger partial charge on any atom is 0.326 e. The number of hydrogen-bond acceptors (Lipinski definition) is 21. The number of unbranched alkanes of at least 4 members (excludes halogenated alkanes) is 1. The van der Waals surface area contributed by atoms with E-state index < -0.39 is 291 Å². The summed E-state index contributed by atoms with van der Waals surface area (Å²) in [6.45, 7) is 11.1. The van der Waals surface area contributed by atoms with Gasteiger partial charge in [0.25, 0.3) is 0 Å². The number of nitrogens with zero attached hydrogens (tertiary/aromatic N) is 5. The molecule has 45 heteroatoms. The minimum absolute atomic E-state index is 0.0299. The molecule has 0 saturated carbocycles. The van der Waals surface area contributed by atoms with Crippen molar-refractivity contribution >= 4 is 107 Å². The van der Waals surface area contributed by atoms with Gasteiger partial charge in [-0.3, -0.25) is 81.5 Å². The van der Waals surface area contributed by atoms with E-state index in [1.807, 2.05) is 51.1 Å². The van der Waals surface area contributed by atoms with Gasteiger partial charge in [-0.1, -0.05) is 102 Å². The summed E-state index contributed by atoms with van der Waals surface area (Å²) in [7, 11) is 1.14.